The number of hydrogen-bond acceptors (Lipinski definition) is 18. The van der Waals surface area contributed by atoms with E-state index >= 15 is 0 Å². The summed E-state index contributed by atoms with van der Waals surface area (Å²) >= 11 is 5.41. The zero-order valence-electron chi connectivity index (χ0n) is 31.3. The molecule has 2 heterocycles. The first kappa shape index (κ1) is 55.0. The minimum atomic E-state index is -1.26. The molecule has 0 aliphatic heterocycles. The Morgan fingerprint density at radius 1 is 0.691 bits per heavy atom. The number of hydrogen-bond donors (Lipinski definition) is 8. The van der Waals surface area contributed by atoms with E-state index in [9.17, 15) is 29.4 Å². The van der Waals surface area contributed by atoms with Crippen molar-refractivity contribution in [1.29, 1.82) is 10.5 Å². The Kier molecular flexibility index (Phi) is 29.1. The Labute approximate surface area is 335 Å². The zero-order valence-corrected chi connectivity index (χ0v) is 34.6. The number of aliphatic hydroxyl groups is 2. The molecule has 0 aromatic carbocycles. The summed E-state index contributed by atoms with van der Waals surface area (Å²) in [5.74, 6) is -4.40. The minimum absolute atomic E-state index is 0. The Morgan fingerprint density at radius 2 is 0.964 bits per heavy atom. The lowest BCUT2D eigenvalue weighted by molar-refractivity contribution is -0.134. The third-order valence-corrected chi connectivity index (χ3v) is 9.00. The summed E-state index contributed by atoms with van der Waals surface area (Å²) in [6.07, 6.45) is 4.74. The molecule has 0 saturated heterocycles. The Morgan fingerprint density at radius 3 is 1.16 bits per heavy atom. The van der Waals surface area contributed by atoms with Gasteiger partial charge in [0.05, 0.1) is 0 Å². The van der Waals surface area contributed by atoms with Crippen molar-refractivity contribution in [2.45, 2.75) is 73.2 Å². The predicted octanol–water partition coefficient (Wildman–Crippen LogP) is 2.33. The van der Waals surface area contributed by atoms with Crippen molar-refractivity contribution in [2.75, 3.05) is 38.8 Å². The van der Waals surface area contributed by atoms with Gasteiger partial charge in [0.2, 0.25) is 11.8 Å². The first-order chi connectivity index (χ1) is 25.0. The number of aliphatic carboxylic acids is 4. The molecule has 0 amide bonds. The van der Waals surface area contributed by atoms with Gasteiger partial charge in [0.1, 0.15) is 57.1 Å². The molecule has 2 unspecified atom stereocenters. The summed E-state index contributed by atoms with van der Waals surface area (Å²) in [7, 11) is 0. The van der Waals surface area contributed by atoms with Gasteiger partial charge in [-0.15, -0.1) is 23.5 Å². The number of aromatic nitrogens is 2. The molecule has 2 aromatic rings. The quantitative estimate of drug-likeness (QED) is 0.0887. The molecule has 19 nitrogen and oxygen atoms in total. The van der Waals surface area contributed by atoms with Crippen LogP contribution in [0.2, 0.25) is 0 Å². The molecule has 0 bridgehead atoms. The molecular weight excluding hydrogens is 805 g/mol. The molecule has 0 aliphatic rings. The summed E-state index contributed by atoms with van der Waals surface area (Å²) in [4.78, 5) is 38.2. The van der Waals surface area contributed by atoms with Crippen LogP contribution in [0.25, 0.3) is 0 Å². The second kappa shape index (κ2) is 29.0. The van der Waals surface area contributed by atoms with E-state index in [0.717, 1.165) is 8.42 Å². The van der Waals surface area contributed by atoms with Crippen molar-refractivity contribution in [2.24, 2.45) is 0 Å². The highest BCUT2D eigenvalue weighted by atomic mass is 32.2. The molecule has 2 aromatic heterocycles. The number of nitriles is 2. The van der Waals surface area contributed by atoms with Crippen LogP contribution in [-0.2, 0) is 19.2 Å². The van der Waals surface area contributed by atoms with E-state index in [1.54, 1.807) is 0 Å². The summed E-state index contributed by atoms with van der Waals surface area (Å²) in [5, 5.41) is 75.3. The van der Waals surface area contributed by atoms with Crippen LogP contribution < -0.4 is 20.1 Å². The second-order valence-electron chi connectivity index (χ2n) is 12.1. The summed E-state index contributed by atoms with van der Waals surface area (Å²) in [6.45, 7) is 13.3. The molecule has 10 N–H and O–H groups in total. The number of thioether (sulfide) groups is 2. The number of rotatable bonds is 16. The molecular formula is C32H48N6O13S4. The molecule has 2 atom stereocenters. The lowest BCUT2D eigenvalue weighted by Crippen LogP contribution is -2.42. The van der Waals surface area contributed by atoms with E-state index in [0.29, 0.717) is 60.3 Å². The lowest BCUT2D eigenvalue weighted by atomic mass is 10.1. The van der Waals surface area contributed by atoms with E-state index in [-0.39, 0.29) is 29.8 Å². The monoisotopic (exact) mass is 852 g/mol. The van der Waals surface area contributed by atoms with E-state index < -0.39 is 36.1 Å². The highest BCUT2D eigenvalue weighted by Gasteiger charge is 2.18. The van der Waals surface area contributed by atoms with Crippen LogP contribution >= 0.6 is 46.6 Å². The van der Waals surface area contributed by atoms with E-state index in [1.165, 1.54) is 46.6 Å². The van der Waals surface area contributed by atoms with Gasteiger partial charge in [-0.2, -0.15) is 19.3 Å². The van der Waals surface area contributed by atoms with Gasteiger partial charge in [0.15, 0.2) is 0 Å². The average molecular weight is 853 g/mol. The fourth-order valence-corrected chi connectivity index (χ4v) is 5.35. The molecule has 0 aliphatic carbocycles. The van der Waals surface area contributed by atoms with Crippen molar-refractivity contribution in [3.63, 3.8) is 0 Å². The fraction of sp³-hybridized carbons (Fsp3) is 0.500. The van der Waals surface area contributed by atoms with Crippen LogP contribution in [0.15, 0.2) is 32.7 Å². The first-order valence-corrected chi connectivity index (χ1v) is 19.3. The van der Waals surface area contributed by atoms with Crippen molar-refractivity contribution in [3.8, 4) is 23.9 Å². The van der Waals surface area contributed by atoms with Crippen molar-refractivity contribution >= 4 is 70.5 Å². The molecule has 23 heteroatoms. The van der Waals surface area contributed by atoms with E-state index in [4.69, 9.17) is 40.4 Å². The van der Waals surface area contributed by atoms with Gasteiger partial charge in [-0.1, -0.05) is 0 Å². The van der Waals surface area contributed by atoms with E-state index in [2.05, 4.69) is 31.5 Å². The van der Waals surface area contributed by atoms with Gasteiger partial charge in [0.25, 0.3) is 0 Å². The molecule has 55 heavy (non-hydrogen) atoms. The van der Waals surface area contributed by atoms with Crippen LogP contribution in [0.1, 0.15) is 52.7 Å². The number of aliphatic hydroxyl groups excluding tert-OH is 2. The summed E-state index contributed by atoms with van der Waals surface area (Å²) in [5.41, 5.74) is 0.804. The number of carbonyl (C=O) groups is 4. The summed E-state index contributed by atoms with van der Waals surface area (Å²) in [6, 6.07) is 4.16. The number of carboxylic acid groups (broad SMARTS) is 4. The number of carboxylic acids is 4. The maximum absolute atomic E-state index is 9.80. The van der Waals surface area contributed by atoms with Gasteiger partial charge >= 0.3 is 23.9 Å². The first-order valence-electron chi connectivity index (χ1n) is 15.3. The second-order valence-corrected chi connectivity index (χ2v) is 15.8. The fourth-order valence-electron chi connectivity index (χ4n) is 2.79. The van der Waals surface area contributed by atoms with Crippen LogP contribution in [-0.4, -0.2) is 131 Å². The van der Waals surface area contributed by atoms with E-state index in [1.807, 2.05) is 54.1 Å². The van der Waals surface area contributed by atoms with Gasteiger partial charge in [0, 0.05) is 48.5 Å². The zero-order chi connectivity index (χ0) is 42.1. The number of ether oxygens (including phenoxy) is 2. The van der Waals surface area contributed by atoms with Crippen molar-refractivity contribution < 1.29 is 64.8 Å². The predicted molar refractivity (Wildman–Crippen MR) is 208 cm³/mol. The van der Waals surface area contributed by atoms with Crippen LogP contribution in [0.5, 0.6) is 11.8 Å². The topological polar surface area (TPSA) is 337 Å². The number of β-amino-alcohol motifs (C(OH)–C–C–N with tert-alkyl or cyclic N) is 2. The standard InChI is InChI=1S/2C12H19N3O2S2.2C4H4O4.H2O/c2*1-12(2,3)14-6-8(16)7-17-10-9(5-13)11(18-4)19-15-10;2*5-3(6)1-2-4(7)8;/h2*8,14,16H,6-7H2,1-4H3;2*1-2H,(H,5,6)(H,7,8);1H2/b;;2*2-1-;. The average Bonchev–Trinajstić information content (AvgIpc) is 3.68. The lowest BCUT2D eigenvalue weighted by Gasteiger charge is -2.22. The third kappa shape index (κ3) is 29.7. The molecule has 2 rings (SSSR count). The number of nitrogens with zero attached hydrogens (tertiary/aromatic N) is 4. The maximum atomic E-state index is 9.80. The molecule has 0 spiro atoms. The highest BCUT2D eigenvalue weighted by molar-refractivity contribution is 8.00. The molecule has 308 valence electrons. The van der Waals surface area contributed by atoms with Gasteiger partial charge in [-0.25, -0.2) is 19.2 Å². The largest absolute Gasteiger partial charge is 0.478 e. The molecule has 0 radical (unpaired) electrons. The maximum Gasteiger partial charge on any atom is 0.328 e. The van der Waals surface area contributed by atoms with Crippen molar-refractivity contribution in [1.82, 2.24) is 19.4 Å². The van der Waals surface area contributed by atoms with Crippen molar-refractivity contribution in [3.05, 3.63) is 35.4 Å². The molecule has 0 saturated carbocycles. The molecule has 0 fully saturated rings. The van der Waals surface area contributed by atoms with Crippen LogP contribution in [0, 0.1) is 22.7 Å². The highest BCUT2D eigenvalue weighted by Crippen LogP contribution is 2.32. The Balaban J connectivity index is -0.000000704. The van der Waals surface area contributed by atoms with Gasteiger partial charge in [-0.3, -0.25) is 0 Å². The third-order valence-electron chi connectivity index (χ3n) is 5.15. The number of nitrogens with one attached hydrogen (secondary N) is 2. The smallest absolute Gasteiger partial charge is 0.328 e. The SMILES string of the molecule is CSc1snc(OCC(O)CNC(C)(C)C)c1C#N.CSc1snc(OCC(O)CNC(C)(C)C)c1C#N.O.O=C(O)/C=C\C(=O)O.O=C(O)/C=C\C(=O)O. The van der Waals surface area contributed by atoms with Gasteiger partial charge < -0.3 is 56.2 Å². The Bertz CT molecular complexity index is 1470. The normalized spacial score (nSPS) is 11.8. The minimum Gasteiger partial charge on any atom is -0.478 e. The summed E-state index contributed by atoms with van der Waals surface area (Å²) < 4.78 is 20.7. The van der Waals surface area contributed by atoms with Crippen LogP contribution in [0.4, 0.5) is 0 Å². The van der Waals surface area contributed by atoms with Crippen LogP contribution in [0.3, 0.4) is 0 Å². The van der Waals surface area contributed by atoms with Gasteiger partial charge in [-0.05, 0) is 77.1 Å². The Hall–Kier alpha value is -4.30.